The average Bonchev–Trinajstić information content (AvgIpc) is 2.74. The molecule has 0 aromatic heterocycles. The van der Waals surface area contributed by atoms with Crippen LogP contribution in [0, 0.1) is 0 Å². The fraction of sp³-hybridized carbons (Fsp3) is 0.0435. The second kappa shape index (κ2) is 9.41. The molecule has 1 N–H and O–H groups in total. The van der Waals surface area contributed by atoms with Gasteiger partial charge in [-0.05, 0) is 41.5 Å². The lowest BCUT2D eigenvalue weighted by Gasteiger charge is -2.12. The zero-order valence-electron chi connectivity index (χ0n) is 15.5. The zero-order chi connectivity index (χ0) is 20.8. The van der Waals surface area contributed by atoms with Crippen molar-refractivity contribution in [2.24, 2.45) is 0 Å². The fourth-order valence-electron chi connectivity index (χ4n) is 2.70. The van der Waals surface area contributed by atoms with E-state index in [1.165, 1.54) is 25.3 Å². The van der Waals surface area contributed by atoms with Crippen LogP contribution in [0.5, 0.6) is 0 Å². The van der Waals surface area contributed by atoms with E-state index in [1.54, 1.807) is 12.1 Å². The Hall–Kier alpha value is -3.08. The maximum Gasteiger partial charge on any atom is 0.337 e. The maximum absolute atomic E-state index is 13.1. The van der Waals surface area contributed by atoms with Gasteiger partial charge in [-0.25, -0.2) is 4.79 Å². The summed E-state index contributed by atoms with van der Waals surface area (Å²) in [5, 5.41) is 3.61. The molecule has 0 bridgehead atoms. The molecule has 29 heavy (non-hydrogen) atoms. The third kappa shape index (κ3) is 5.05. The van der Waals surface area contributed by atoms with E-state index in [2.05, 4.69) is 5.32 Å². The first-order valence-corrected chi connectivity index (χ1v) is 9.46. The van der Waals surface area contributed by atoms with E-state index in [1.807, 2.05) is 48.5 Å². The van der Waals surface area contributed by atoms with E-state index in [0.29, 0.717) is 32.4 Å². The highest BCUT2D eigenvalue weighted by Crippen LogP contribution is 2.27. The van der Waals surface area contributed by atoms with Crippen LogP contribution in [0.1, 0.15) is 21.5 Å². The van der Waals surface area contributed by atoms with E-state index in [9.17, 15) is 9.59 Å². The molecule has 0 radical (unpaired) electrons. The van der Waals surface area contributed by atoms with Crippen molar-refractivity contribution in [2.75, 3.05) is 12.4 Å². The molecule has 0 unspecified atom stereocenters. The van der Waals surface area contributed by atoms with Gasteiger partial charge in [0.05, 0.1) is 23.4 Å². The second-order valence-electron chi connectivity index (χ2n) is 6.09. The number of amides is 1. The minimum absolute atomic E-state index is 0.281. The lowest BCUT2D eigenvalue weighted by molar-refractivity contribution is -0.111. The summed E-state index contributed by atoms with van der Waals surface area (Å²) in [6.07, 6.45) is 1.71. The molecular weight excluding hydrogens is 409 g/mol. The molecule has 3 aromatic rings. The number of carbonyl (C=O) groups is 2. The van der Waals surface area contributed by atoms with Gasteiger partial charge in [0.25, 0.3) is 5.91 Å². The summed E-state index contributed by atoms with van der Waals surface area (Å²) in [7, 11) is 1.29. The lowest BCUT2D eigenvalue weighted by Crippen LogP contribution is -2.14. The van der Waals surface area contributed by atoms with Gasteiger partial charge >= 0.3 is 5.97 Å². The molecule has 3 aromatic carbocycles. The van der Waals surface area contributed by atoms with Crippen molar-refractivity contribution in [1.29, 1.82) is 0 Å². The molecule has 0 saturated heterocycles. The van der Waals surface area contributed by atoms with Crippen molar-refractivity contribution in [1.82, 2.24) is 0 Å². The number of hydrogen-bond acceptors (Lipinski definition) is 3. The van der Waals surface area contributed by atoms with Gasteiger partial charge in [0, 0.05) is 10.6 Å². The third-order valence-electron chi connectivity index (χ3n) is 4.17. The van der Waals surface area contributed by atoms with Gasteiger partial charge in [-0.3, -0.25) is 4.79 Å². The van der Waals surface area contributed by atoms with Crippen LogP contribution >= 0.6 is 23.2 Å². The molecule has 0 saturated carbocycles. The fourth-order valence-corrected chi connectivity index (χ4v) is 3.06. The largest absolute Gasteiger partial charge is 0.465 e. The summed E-state index contributed by atoms with van der Waals surface area (Å²) in [5.41, 5.74) is 2.41. The number of esters is 1. The predicted octanol–water partition coefficient (Wildman–Crippen LogP) is 5.96. The van der Waals surface area contributed by atoms with Gasteiger partial charge < -0.3 is 10.1 Å². The van der Waals surface area contributed by atoms with E-state index in [-0.39, 0.29) is 11.5 Å². The Morgan fingerprint density at radius 3 is 2.24 bits per heavy atom. The van der Waals surface area contributed by atoms with Gasteiger partial charge in [0.1, 0.15) is 0 Å². The standard InChI is InChI=1S/C23H17Cl2NO3/c1-29-23(28)17-11-12-20(25)21(14-17)26-22(27)18(15-7-3-2-4-8-15)13-16-9-5-6-10-19(16)24/h2-14H,1H3,(H,26,27)/b18-13+. The highest BCUT2D eigenvalue weighted by atomic mass is 35.5. The maximum atomic E-state index is 13.1. The van der Waals surface area contributed by atoms with Crippen LogP contribution in [-0.4, -0.2) is 19.0 Å². The summed E-state index contributed by atoms with van der Waals surface area (Å²) in [4.78, 5) is 24.9. The molecule has 0 aliphatic heterocycles. The number of ether oxygens (including phenoxy) is 1. The summed E-state index contributed by atoms with van der Waals surface area (Å²) in [6, 6.07) is 21.0. The highest BCUT2D eigenvalue weighted by molar-refractivity contribution is 6.37. The normalized spacial score (nSPS) is 11.1. The monoisotopic (exact) mass is 425 g/mol. The lowest BCUT2D eigenvalue weighted by atomic mass is 10.0. The number of methoxy groups -OCH3 is 1. The number of anilines is 1. The Morgan fingerprint density at radius 1 is 0.862 bits per heavy atom. The molecule has 0 aliphatic carbocycles. The molecule has 1 amide bonds. The van der Waals surface area contributed by atoms with Crippen LogP contribution < -0.4 is 5.32 Å². The SMILES string of the molecule is COC(=O)c1ccc(Cl)c(NC(=O)/C(=C/c2ccccc2Cl)c2ccccc2)c1. The van der Waals surface area contributed by atoms with Crippen LogP contribution in [0.25, 0.3) is 11.6 Å². The van der Waals surface area contributed by atoms with Gasteiger partial charge in [-0.15, -0.1) is 0 Å². The topological polar surface area (TPSA) is 55.4 Å². The molecule has 0 heterocycles. The number of benzene rings is 3. The summed E-state index contributed by atoms with van der Waals surface area (Å²) in [5.74, 6) is -0.910. The molecule has 0 aliphatic rings. The Kier molecular flexibility index (Phi) is 6.70. The van der Waals surface area contributed by atoms with Gasteiger partial charge in [-0.2, -0.15) is 0 Å². The van der Waals surface area contributed by atoms with Gasteiger partial charge in [-0.1, -0.05) is 71.7 Å². The van der Waals surface area contributed by atoms with Gasteiger partial charge in [0.2, 0.25) is 0 Å². The van der Waals surface area contributed by atoms with Crippen LogP contribution in [0.15, 0.2) is 72.8 Å². The Bertz CT molecular complexity index is 1080. The molecule has 146 valence electrons. The van der Waals surface area contributed by atoms with Crippen molar-refractivity contribution in [3.63, 3.8) is 0 Å². The van der Waals surface area contributed by atoms with Crippen LogP contribution in [-0.2, 0) is 9.53 Å². The molecule has 4 nitrogen and oxygen atoms in total. The van der Waals surface area contributed by atoms with Crippen molar-refractivity contribution in [3.05, 3.63) is 99.5 Å². The second-order valence-corrected chi connectivity index (χ2v) is 6.90. The first-order chi connectivity index (χ1) is 14.0. The van der Waals surface area contributed by atoms with Crippen LogP contribution in [0.2, 0.25) is 10.0 Å². The Morgan fingerprint density at radius 2 is 1.55 bits per heavy atom. The minimum Gasteiger partial charge on any atom is -0.465 e. The van der Waals surface area contributed by atoms with E-state index >= 15 is 0 Å². The predicted molar refractivity (Wildman–Crippen MR) is 117 cm³/mol. The van der Waals surface area contributed by atoms with Gasteiger partial charge in [0.15, 0.2) is 0 Å². The van der Waals surface area contributed by atoms with Crippen molar-refractivity contribution >= 4 is 52.4 Å². The van der Waals surface area contributed by atoms with E-state index in [0.717, 1.165) is 0 Å². The number of nitrogens with one attached hydrogen (secondary N) is 1. The van der Waals surface area contributed by atoms with Crippen LogP contribution in [0.3, 0.4) is 0 Å². The molecule has 0 spiro atoms. The van der Waals surface area contributed by atoms with Crippen molar-refractivity contribution in [2.45, 2.75) is 0 Å². The molecular formula is C23H17Cl2NO3. The molecule has 0 fully saturated rings. The molecule has 0 atom stereocenters. The highest BCUT2D eigenvalue weighted by Gasteiger charge is 2.16. The van der Waals surface area contributed by atoms with Crippen molar-refractivity contribution < 1.29 is 14.3 Å². The molecule has 6 heteroatoms. The summed E-state index contributed by atoms with van der Waals surface area (Å²) in [6.45, 7) is 0. The first kappa shape index (κ1) is 20.6. The zero-order valence-corrected chi connectivity index (χ0v) is 17.0. The Balaban J connectivity index is 2.01. The first-order valence-electron chi connectivity index (χ1n) is 8.70. The van der Waals surface area contributed by atoms with E-state index in [4.69, 9.17) is 27.9 Å². The summed E-state index contributed by atoms with van der Waals surface area (Å²) < 4.78 is 4.72. The van der Waals surface area contributed by atoms with Crippen LogP contribution in [0.4, 0.5) is 5.69 Å². The smallest absolute Gasteiger partial charge is 0.337 e. The number of hydrogen-bond donors (Lipinski definition) is 1. The number of rotatable bonds is 5. The van der Waals surface area contributed by atoms with E-state index < -0.39 is 5.97 Å². The third-order valence-corrected chi connectivity index (χ3v) is 4.84. The quantitative estimate of drug-likeness (QED) is 0.311. The Labute approximate surface area is 178 Å². The van der Waals surface area contributed by atoms with Crippen molar-refractivity contribution in [3.8, 4) is 0 Å². The molecule has 3 rings (SSSR count). The summed E-state index contributed by atoms with van der Waals surface area (Å²) >= 11 is 12.5. The number of carbonyl (C=O) groups excluding carboxylic acids is 2. The number of halogens is 2. The average molecular weight is 426 g/mol. The minimum atomic E-state index is -0.521.